The van der Waals surface area contributed by atoms with Crippen molar-refractivity contribution in [3.8, 4) is 0 Å². The molecule has 0 aromatic heterocycles. The van der Waals surface area contributed by atoms with Gasteiger partial charge in [-0.3, -0.25) is 0 Å². The summed E-state index contributed by atoms with van der Waals surface area (Å²) in [5.74, 6) is -0.286. The zero-order valence-electron chi connectivity index (χ0n) is 12.5. The van der Waals surface area contributed by atoms with Gasteiger partial charge in [0.15, 0.2) is 0 Å². The molecule has 1 fully saturated rings. The molecule has 1 aromatic carbocycles. The lowest BCUT2D eigenvalue weighted by Crippen LogP contribution is -2.29. The Balaban J connectivity index is 2.34. The Morgan fingerprint density at radius 1 is 1.30 bits per heavy atom. The van der Waals surface area contributed by atoms with Crippen LogP contribution in [0.5, 0.6) is 0 Å². The van der Waals surface area contributed by atoms with Crippen LogP contribution in [0.25, 0.3) is 0 Å². The second-order valence-corrected chi connectivity index (χ2v) is 6.17. The van der Waals surface area contributed by atoms with Crippen LogP contribution in [-0.2, 0) is 0 Å². The molecule has 0 bridgehead atoms. The summed E-state index contributed by atoms with van der Waals surface area (Å²) in [5, 5.41) is 20.0. The maximum absolute atomic E-state index is 13.7. The topological polar surface area (TPSA) is 43.7 Å². The number of halogens is 1. The molecule has 20 heavy (non-hydrogen) atoms. The number of rotatable bonds is 2. The van der Waals surface area contributed by atoms with Crippen molar-refractivity contribution in [1.82, 2.24) is 0 Å². The number of hydrogen-bond donors (Lipinski definition) is 2. The molecule has 2 atom stereocenters. The summed E-state index contributed by atoms with van der Waals surface area (Å²) in [5.41, 5.74) is 1.46. The van der Waals surface area contributed by atoms with Gasteiger partial charge in [-0.2, -0.15) is 0 Å². The van der Waals surface area contributed by atoms with Gasteiger partial charge < -0.3 is 15.1 Å². The van der Waals surface area contributed by atoms with E-state index in [1.54, 1.807) is 19.9 Å². The van der Waals surface area contributed by atoms with E-state index in [4.69, 9.17) is 0 Å². The molecule has 1 unspecified atom stereocenters. The van der Waals surface area contributed by atoms with E-state index in [1.165, 1.54) is 6.07 Å². The molecule has 3 nitrogen and oxygen atoms in total. The minimum atomic E-state index is -0.705. The smallest absolute Gasteiger partial charge is 0.126 e. The average Bonchev–Trinajstić information content (AvgIpc) is 2.53. The van der Waals surface area contributed by atoms with Crippen molar-refractivity contribution in [3.63, 3.8) is 0 Å². The van der Waals surface area contributed by atoms with E-state index in [1.807, 2.05) is 6.92 Å². The molecule has 2 rings (SSSR count). The van der Waals surface area contributed by atoms with Gasteiger partial charge in [-0.1, -0.05) is 0 Å². The fraction of sp³-hybridized carbons (Fsp3) is 0.625. The Labute approximate surface area is 120 Å². The fourth-order valence-electron chi connectivity index (χ4n) is 2.79. The van der Waals surface area contributed by atoms with Crippen LogP contribution in [0.4, 0.5) is 10.1 Å². The summed E-state index contributed by atoms with van der Waals surface area (Å²) in [7, 11) is 0. The standard InChI is InChI=1S/C16H24FNO2/c1-11-9-15(13(12(2)19)10-14(11)17)18-7-4-5-16(3,20)6-8-18/h9-10,12,19-20H,4-8H2,1-3H3/t12-,16?/m0/s1. The van der Waals surface area contributed by atoms with Gasteiger partial charge in [-0.05, 0) is 57.7 Å². The molecular formula is C16H24FNO2. The first kappa shape index (κ1) is 15.3. The highest BCUT2D eigenvalue weighted by Gasteiger charge is 2.26. The summed E-state index contributed by atoms with van der Waals surface area (Å²) in [6, 6.07) is 3.23. The van der Waals surface area contributed by atoms with Crippen LogP contribution in [0.3, 0.4) is 0 Å². The van der Waals surface area contributed by atoms with E-state index >= 15 is 0 Å². The van der Waals surface area contributed by atoms with E-state index in [-0.39, 0.29) is 5.82 Å². The molecule has 112 valence electrons. The second-order valence-electron chi connectivity index (χ2n) is 6.17. The van der Waals surface area contributed by atoms with Gasteiger partial charge in [0.1, 0.15) is 5.82 Å². The molecule has 1 aliphatic heterocycles. The summed E-state index contributed by atoms with van der Waals surface area (Å²) in [6.07, 6.45) is 1.64. The van der Waals surface area contributed by atoms with Crippen LogP contribution in [-0.4, -0.2) is 28.9 Å². The molecule has 0 saturated carbocycles. The lowest BCUT2D eigenvalue weighted by atomic mass is 9.98. The van der Waals surface area contributed by atoms with E-state index in [2.05, 4.69) is 4.90 Å². The van der Waals surface area contributed by atoms with Gasteiger partial charge in [0.05, 0.1) is 11.7 Å². The number of aliphatic hydroxyl groups excluding tert-OH is 1. The third kappa shape index (κ3) is 3.30. The quantitative estimate of drug-likeness (QED) is 0.876. The maximum atomic E-state index is 13.7. The minimum absolute atomic E-state index is 0.286. The van der Waals surface area contributed by atoms with Crippen molar-refractivity contribution in [2.24, 2.45) is 0 Å². The highest BCUT2D eigenvalue weighted by Crippen LogP contribution is 2.32. The summed E-state index contributed by atoms with van der Waals surface area (Å²) in [6.45, 7) is 6.79. The average molecular weight is 281 g/mol. The lowest BCUT2D eigenvalue weighted by molar-refractivity contribution is 0.0481. The van der Waals surface area contributed by atoms with Gasteiger partial charge >= 0.3 is 0 Å². The molecule has 1 aromatic rings. The zero-order valence-corrected chi connectivity index (χ0v) is 12.5. The van der Waals surface area contributed by atoms with Crippen LogP contribution in [0.15, 0.2) is 12.1 Å². The van der Waals surface area contributed by atoms with Crippen LogP contribution in [0.2, 0.25) is 0 Å². The molecule has 1 heterocycles. The molecule has 0 spiro atoms. The Morgan fingerprint density at radius 3 is 2.65 bits per heavy atom. The second kappa shape index (κ2) is 5.70. The third-order valence-corrected chi connectivity index (χ3v) is 4.16. The van der Waals surface area contributed by atoms with Crippen molar-refractivity contribution in [2.75, 3.05) is 18.0 Å². The van der Waals surface area contributed by atoms with E-state index < -0.39 is 11.7 Å². The monoisotopic (exact) mass is 281 g/mol. The van der Waals surface area contributed by atoms with Crippen LogP contribution < -0.4 is 4.90 Å². The van der Waals surface area contributed by atoms with Crippen molar-refractivity contribution in [2.45, 2.75) is 51.7 Å². The van der Waals surface area contributed by atoms with Gasteiger partial charge in [-0.25, -0.2) is 4.39 Å². The molecular weight excluding hydrogens is 257 g/mol. The van der Waals surface area contributed by atoms with E-state index in [0.717, 1.165) is 31.6 Å². The number of benzene rings is 1. The number of hydrogen-bond acceptors (Lipinski definition) is 3. The van der Waals surface area contributed by atoms with Crippen LogP contribution in [0.1, 0.15) is 50.3 Å². The molecule has 2 N–H and O–H groups in total. The number of aliphatic hydroxyl groups is 2. The Bertz CT molecular complexity index is 486. The highest BCUT2D eigenvalue weighted by atomic mass is 19.1. The maximum Gasteiger partial charge on any atom is 0.126 e. The highest BCUT2D eigenvalue weighted by molar-refractivity contribution is 5.57. The van der Waals surface area contributed by atoms with Gasteiger partial charge in [-0.15, -0.1) is 0 Å². The Morgan fingerprint density at radius 2 is 2.00 bits per heavy atom. The summed E-state index contributed by atoms with van der Waals surface area (Å²) >= 11 is 0. The summed E-state index contributed by atoms with van der Waals surface area (Å²) < 4.78 is 13.7. The zero-order chi connectivity index (χ0) is 14.9. The minimum Gasteiger partial charge on any atom is -0.390 e. The Kier molecular flexibility index (Phi) is 4.35. The number of anilines is 1. The van der Waals surface area contributed by atoms with Gasteiger partial charge in [0.2, 0.25) is 0 Å². The van der Waals surface area contributed by atoms with Crippen molar-refractivity contribution < 1.29 is 14.6 Å². The largest absolute Gasteiger partial charge is 0.390 e. The SMILES string of the molecule is Cc1cc(N2CCCC(C)(O)CC2)c([C@H](C)O)cc1F. The lowest BCUT2D eigenvalue weighted by Gasteiger charge is -2.28. The predicted molar refractivity (Wildman–Crippen MR) is 78.5 cm³/mol. The number of nitrogens with zero attached hydrogens (tertiary/aromatic N) is 1. The molecule has 0 aliphatic carbocycles. The molecule has 4 heteroatoms. The predicted octanol–water partition coefficient (Wildman–Crippen LogP) is 2.93. The molecule has 0 amide bonds. The van der Waals surface area contributed by atoms with Crippen LogP contribution >= 0.6 is 0 Å². The number of aryl methyl sites for hydroxylation is 1. The van der Waals surface area contributed by atoms with Gasteiger partial charge in [0.25, 0.3) is 0 Å². The van der Waals surface area contributed by atoms with Crippen molar-refractivity contribution in [1.29, 1.82) is 0 Å². The van der Waals surface area contributed by atoms with Crippen LogP contribution in [0, 0.1) is 12.7 Å². The first-order chi connectivity index (χ1) is 9.30. The van der Waals surface area contributed by atoms with Gasteiger partial charge in [0, 0.05) is 24.3 Å². The van der Waals surface area contributed by atoms with Crippen molar-refractivity contribution in [3.05, 3.63) is 29.1 Å². The summed E-state index contributed by atoms with van der Waals surface area (Å²) in [4.78, 5) is 2.15. The normalized spacial score (nSPS) is 25.4. The Hall–Kier alpha value is -1.13. The first-order valence-corrected chi connectivity index (χ1v) is 7.25. The van der Waals surface area contributed by atoms with E-state index in [9.17, 15) is 14.6 Å². The van der Waals surface area contributed by atoms with E-state index in [0.29, 0.717) is 17.5 Å². The molecule has 0 radical (unpaired) electrons. The fourth-order valence-corrected chi connectivity index (χ4v) is 2.79. The van der Waals surface area contributed by atoms with Crippen molar-refractivity contribution >= 4 is 5.69 Å². The first-order valence-electron chi connectivity index (χ1n) is 7.25. The third-order valence-electron chi connectivity index (χ3n) is 4.16. The molecule has 1 aliphatic rings. The molecule has 1 saturated heterocycles.